The summed E-state index contributed by atoms with van der Waals surface area (Å²) in [6.45, 7) is 0.00771. The van der Waals surface area contributed by atoms with Gasteiger partial charge in [0.1, 0.15) is 6.04 Å². The number of carboxylic acid groups (broad SMARTS) is 1. The van der Waals surface area contributed by atoms with E-state index in [2.05, 4.69) is 5.92 Å². The molecule has 0 aromatic carbocycles. The second-order valence-electron chi connectivity index (χ2n) is 3.48. The molecule has 0 bridgehead atoms. The van der Waals surface area contributed by atoms with Crippen molar-refractivity contribution in [3.05, 3.63) is 0 Å². The van der Waals surface area contributed by atoms with Crippen LogP contribution in [0.1, 0.15) is 12.8 Å². The van der Waals surface area contributed by atoms with Gasteiger partial charge in [-0.25, -0.2) is 4.79 Å². The van der Waals surface area contributed by atoms with Gasteiger partial charge in [-0.2, -0.15) is 0 Å². The number of nitrogens with zero attached hydrogens (tertiary/aromatic N) is 1. The van der Waals surface area contributed by atoms with Crippen LogP contribution in [0.5, 0.6) is 0 Å². The minimum Gasteiger partial charge on any atom is -0.480 e. The molecule has 2 N–H and O–H groups in total. The van der Waals surface area contributed by atoms with E-state index in [4.69, 9.17) is 16.6 Å². The number of terminal acetylenes is 1. The first kappa shape index (κ1) is 11.5. The van der Waals surface area contributed by atoms with Crippen LogP contribution in [-0.4, -0.2) is 46.2 Å². The average Bonchev–Trinajstić information content (AvgIpc) is 2.55. The van der Waals surface area contributed by atoms with Gasteiger partial charge in [0.15, 0.2) is 0 Å². The number of likely N-dealkylation sites (tertiary alicyclic amines) is 1. The molecule has 1 rings (SSSR count). The number of carboxylic acids is 1. The van der Waals surface area contributed by atoms with E-state index >= 15 is 0 Å². The lowest BCUT2D eigenvalue weighted by Gasteiger charge is -2.23. The van der Waals surface area contributed by atoms with Gasteiger partial charge in [0, 0.05) is 31.9 Å². The fourth-order valence-corrected chi connectivity index (χ4v) is 1.68. The Balaban J connectivity index is 2.73. The van der Waals surface area contributed by atoms with Crippen LogP contribution in [0.4, 0.5) is 0 Å². The summed E-state index contributed by atoms with van der Waals surface area (Å²) in [7, 11) is 0. The molecule has 2 unspecified atom stereocenters. The van der Waals surface area contributed by atoms with E-state index < -0.39 is 12.0 Å². The summed E-state index contributed by atoms with van der Waals surface area (Å²) in [6.07, 6.45) is 5.42. The number of aliphatic hydroxyl groups is 1. The first-order valence-corrected chi connectivity index (χ1v) is 4.69. The highest BCUT2D eigenvalue weighted by Gasteiger charge is 2.36. The van der Waals surface area contributed by atoms with Crippen molar-refractivity contribution in [2.45, 2.75) is 18.9 Å². The Kier molecular flexibility index (Phi) is 3.69. The van der Waals surface area contributed by atoms with E-state index in [9.17, 15) is 9.59 Å². The highest BCUT2D eigenvalue weighted by Crippen LogP contribution is 2.20. The lowest BCUT2D eigenvalue weighted by molar-refractivity contribution is -0.148. The molecular formula is C10H13NO4. The lowest BCUT2D eigenvalue weighted by atomic mass is 10.1. The normalized spacial score (nSPS) is 22.5. The predicted molar refractivity (Wildman–Crippen MR) is 51.8 cm³/mol. The van der Waals surface area contributed by atoms with Crippen LogP contribution in [0.3, 0.4) is 0 Å². The van der Waals surface area contributed by atoms with Crippen LogP contribution in [-0.2, 0) is 9.59 Å². The molecule has 0 aromatic heterocycles. The van der Waals surface area contributed by atoms with E-state index in [0.29, 0.717) is 0 Å². The number of carbonyl (C=O) groups is 2. The molecule has 5 nitrogen and oxygen atoms in total. The van der Waals surface area contributed by atoms with Gasteiger partial charge in [-0.1, -0.05) is 0 Å². The summed E-state index contributed by atoms with van der Waals surface area (Å²) in [5.41, 5.74) is 0. The molecular weight excluding hydrogens is 198 g/mol. The quantitative estimate of drug-likeness (QED) is 0.603. The van der Waals surface area contributed by atoms with Crippen molar-refractivity contribution in [2.75, 3.05) is 13.2 Å². The van der Waals surface area contributed by atoms with Gasteiger partial charge in [-0.3, -0.25) is 4.79 Å². The first-order chi connectivity index (χ1) is 7.10. The molecule has 5 heteroatoms. The molecule has 1 aliphatic heterocycles. The number of hydrogen-bond donors (Lipinski definition) is 2. The third-order valence-electron chi connectivity index (χ3n) is 2.46. The van der Waals surface area contributed by atoms with Gasteiger partial charge >= 0.3 is 5.97 Å². The number of carbonyl (C=O) groups excluding carboxylic acids is 1. The van der Waals surface area contributed by atoms with Crippen LogP contribution in [0, 0.1) is 18.3 Å². The summed E-state index contributed by atoms with van der Waals surface area (Å²) in [5.74, 6) is 0.879. The zero-order valence-corrected chi connectivity index (χ0v) is 8.22. The Morgan fingerprint density at radius 2 is 2.40 bits per heavy atom. The standard InChI is InChI=1S/C10H13NO4/c1-2-7-5-9(13)11(6-7)8(3-4-12)10(14)15/h1,7-8,12H,3-6H2,(H,14,15). The highest BCUT2D eigenvalue weighted by atomic mass is 16.4. The maximum Gasteiger partial charge on any atom is 0.326 e. The van der Waals surface area contributed by atoms with Gasteiger partial charge in [0.05, 0.1) is 0 Å². The smallest absolute Gasteiger partial charge is 0.326 e. The average molecular weight is 211 g/mol. The van der Waals surface area contributed by atoms with Crippen molar-refractivity contribution < 1.29 is 19.8 Å². The Labute approximate surface area is 87.7 Å². The zero-order valence-electron chi connectivity index (χ0n) is 8.22. The second kappa shape index (κ2) is 4.80. The topological polar surface area (TPSA) is 77.8 Å². The molecule has 82 valence electrons. The van der Waals surface area contributed by atoms with E-state index in [1.54, 1.807) is 0 Å². The molecule has 1 heterocycles. The zero-order chi connectivity index (χ0) is 11.4. The molecule has 0 spiro atoms. The van der Waals surface area contributed by atoms with Crippen LogP contribution in [0.25, 0.3) is 0 Å². The summed E-state index contributed by atoms with van der Waals surface area (Å²) in [5, 5.41) is 17.6. The molecule has 0 radical (unpaired) electrons. The SMILES string of the molecule is C#CC1CC(=O)N(C(CCO)C(=O)O)C1. The third kappa shape index (κ3) is 2.48. The van der Waals surface area contributed by atoms with Gasteiger partial charge in [-0.15, -0.1) is 12.3 Å². The van der Waals surface area contributed by atoms with Crippen molar-refractivity contribution in [2.24, 2.45) is 5.92 Å². The van der Waals surface area contributed by atoms with Gasteiger partial charge < -0.3 is 15.1 Å². The van der Waals surface area contributed by atoms with Crippen molar-refractivity contribution >= 4 is 11.9 Å². The first-order valence-electron chi connectivity index (χ1n) is 4.69. The second-order valence-corrected chi connectivity index (χ2v) is 3.48. The molecule has 1 aliphatic rings. The molecule has 1 saturated heterocycles. The molecule has 2 atom stereocenters. The lowest BCUT2D eigenvalue weighted by Crippen LogP contribution is -2.42. The van der Waals surface area contributed by atoms with Crippen LogP contribution < -0.4 is 0 Å². The summed E-state index contributed by atoms with van der Waals surface area (Å²) >= 11 is 0. The van der Waals surface area contributed by atoms with E-state index in [-0.39, 0.29) is 37.8 Å². The maximum atomic E-state index is 11.4. The number of aliphatic carboxylic acids is 1. The third-order valence-corrected chi connectivity index (χ3v) is 2.46. The van der Waals surface area contributed by atoms with Crippen LogP contribution >= 0.6 is 0 Å². The summed E-state index contributed by atoms with van der Waals surface area (Å²) in [6, 6.07) is -0.958. The van der Waals surface area contributed by atoms with E-state index in [1.807, 2.05) is 0 Å². The molecule has 1 amide bonds. The van der Waals surface area contributed by atoms with Gasteiger partial charge in [0.2, 0.25) is 5.91 Å². The van der Waals surface area contributed by atoms with Crippen molar-refractivity contribution in [1.29, 1.82) is 0 Å². The number of rotatable bonds is 4. The summed E-state index contributed by atoms with van der Waals surface area (Å²) < 4.78 is 0. The molecule has 0 aromatic rings. The van der Waals surface area contributed by atoms with Crippen molar-refractivity contribution in [3.63, 3.8) is 0 Å². The predicted octanol–water partition coefficient (Wildman–Crippen LogP) is -0.696. The summed E-state index contributed by atoms with van der Waals surface area (Å²) in [4.78, 5) is 23.5. The number of amides is 1. The van der Waals surface area contributed by atoms with Crippen LogP contribution in [0.15, 0.2) is 0 Å². The maximum absolute atomic E-state index is 11.4. The largest absolute Gasteiger partial charge is 0.480 e. The fourth-order valence-electron chi connectivity index (χ4n) is 1.68. The Morgan fingerprint density at radius 1 is 1.73 bits per heavy atom. The minimum atomic E-state index is -1.10. The Bertz CT molecular complexity index is 307. The van der Waals surface area contributed by atoms with E-state index in [1.165, 1.54) is 4.90 Å². The Hall–Kier alpha value is -1.54. The molecule has 0 aliphatic carbocycles. The number of aliphatic hydroxyl groups excluding tert-OH is 1. The van der Waals surface area contributed by atoms with Gasteiger partial charge in [0.25, 0.3) is 0 Å². The highest BCUT2D eigenvalue weighted by molar-refractivity contribution is 5.85. The molecule has 0 saturated carbocycles. The number of hydrogen-bond acceptors (Lipinski definition) is 3. The van der Waals surface area contributed by atoms with Gasteiger partial charge in [-0.05, 0) is 0 Å². The molecule has 15 heavy (non-hydrogen) atoms. The Morgan fingerprint density at radius 3 is 2.80 bits per heavy atom. The van der Waals surface area contributed by atoms with Crippen molar-refractivity contribution in [3.8, 4) is 12.3 Å². The minimum absolute atomic E-state index is 0.0400. The monoisotopic (exact) mass is 211 g/mol. The van der Waals surface area contributed by atoms with Crippen molar-refractivity contribution in [1.82, 2.24) is 4.90 Å². The van der Waals surface area contributed by atoms with Crippen LogP contribution in [0.2, 0.25) is 0 Å². The van der Waals surface area contributed by atoms with E-state index in [0.717, 1.165) is 0 Å². The molecule has 1 fully saturated rings. The fraction of sp³-hybridized carbons (Fsp3) is 0.600.